The van der Waals surface area contributed by atoms with Crippen LogP contribution in [0.5, 0.6) is 0 Å². The molecule has 1 aromatic rings. The monoisotopic (exact) mass is 312 g/mol. The van der Waals surface area contributed by atoms with Gasteiger partial charge in [-0.3, -0.25) is 0 Å². The Morgan fingerprint density at radius 2 is 1.95 bits per heavy atom. The van der Waals surface area contributed by atoms with Gasteiger partial charge in [0.05, 0.1) is 17.4 Å². The molecule has 9 heteroatoms. The number of nitrogens with zero attached hydrogens (tertiary/aromatic N) is 1. The number of halogens is 3. The van der Waals surface area contributed by atoms with Gasteiger partial charge in [0, 0.05) is 25.0 Å². The third-order valence-electron chi connectivity index (χ3n) is 3.44. The minimum Gasteiger partial charge on any atom is -0.390 e. The molecule has 2 heterocycles. The Kier molecular flexibility index (Phi) is 4.12. The number of piperidine rings is 1. The van der Waals surface area contributed by atoms with Gasteiger partial charge < -0.3 is 10.1 Å². The van der Waals surface area contributed by atoms with Crippen molar-refractivity contribution in [3.8, 4) is 0 Å². The van der Waals surface area contributed by atoms with Crippen molar-refractivity contribution in [3.63, 3.8) is 0 Å². The molecule has 1 fully saturated rings. The maximum absolute atomic E-state index is 12.5. The molecule has 0 unspecified atom stereocenters. The standard InChI is InChI=1S/C11H15F3N2O3S/c12-11(13,14)8-1-3-16(4-2-8)20(18,19)10-5-9(7-17)15-6-10/h5-6,8,15,17H,1-4,7H2. The van der Waals surface area contributed by atoms with E-state index in [1.54, 1.807) is 0 Å². The van der Waals surface area contributed by atoms with Crippen molar-refractivity contribution < 1.29 is 26.7 Å². The van der Waals surface area contributed by atoms with Gasteiger partial charge in [-0.2, -0.15) is 17.5 Å². The SMILES string of the molecule is O=S(=O)(c1c[nH]c(CO)c1)N1CCC(C(F)(F)F)CC1. The number of sulfonamides is 1. The molecule has 0 radical (unpaired) electrons. The van der Waals surface area contributed by atoms with Gasteiger partial charge in [-0.1, -0.05) is 0 Å². The van der Waals surface area contributed by atoms with E-state index in [4.69, 9.17) is 5.11 Å². The Bertz CT molecular complexity index is 560. The minimum absolute atomic E-state index is 0.0352. The Morgan fingerprint density at radius 1 is 1.35 bits per heavy atom. The molecule has 0 spiro atoms. The van der Waals surface area contributed by atoms with Crippen LogP contribution >= 0.6 is 0 Å². The molecule has 0 aliphatic carbocycles. The van der Waals surface area contributed by atoms with Crippen molar-refractivity contribution in [2.75, 3.05) is 13.1 Å². The molecule has 1 saturated heterocycles. The first kappa shape index (κ1) is 15.3. The number of aromatic amines is 1. The average Bonchev–Trinajstić information content (AvgIpc) is 2.87. The summed E-state index contributed by atoms with van der Waals surface area (Å²) in [5, 5.41) is 8.89. The number of aliphatic hydroxyl groups excluding tert-OH is 1. The highest BCUT2D eigenvalue weighted by Gasteiger charge is 2.43. The number of aromatic nitrogens is 1. The van der Waals surface area contributed by atoms with E-state index in [0.29, 0.717) is 5.69 Å². The Labute approximate surface area is 114 Å². The molecule has 2 rings (SSSR count). The van der Waals surface area contributed by atoms with E-state index in [0.717, 1.165) is 4.31 Å². The van der Waals surface area contributed by atoms with E-state index in [2.05, 4.69) is 4.98 Å². The van der Waals surface area contributed by atoms with Gasteiger partial charge in [0.1, 0.15) is 0 Å². The van der Waals surface area contributed by atoms with Gasteiger partial charge in [0.25, 0.3) is 0 Å². The Hall–Kier alpha value is -1.06. The largest absolute Gasteiger partial charge is 0.391 e. The van der Waals surface area contributed by atoms with Crippen molar-refractivity contribution in [3.05, 3.63) is 18.0 Å². The molecule has 0 bridgehead atoms. The summed E-state index contributed by atoms with van der Waals surface area (Å²) in [7, 11) is -3.80. The van der Waals surface area contributed by atoms with Gasteiger partial charge in [-0.15, -0.1) is 0 Å². The summed E-state index contributed by atoms with van der Waals surface area (Å²) in [6.45, 7) is -0.621. The van der Waals surface area contributed by atoms with Crippen molar-refractivity contribution in [2.45, 2.75) is 30.5 Å². The quantitative estimate of drug-likeness (QED) is 0.887. The van der Waals surface area contributed by atoms with Gasteiger partial charge in [0.2, 0.25) is 10.0 Å². The number of alkyl halides is 3. The molecule has 0 saturated carbocycles. The van der Waals surface area contributed by atoms with Gasteiger partial charge >= 0.3 is 6.18 Å². The summed E-state index contributed by atoms with van der Waals surface area (Å²) in [5.74, 6) is -1.44. The summed E-state index contributed by atoms with van der Waals surface area (Å²) in [6, 6.07) is 1.28. The molecule has 1 aliphatic heterocycles. The van der Waals surface area contributed by atoms with Crippen molar-refractivity contribution in [2.24, 2.45) is 5.92 Å². The second-order valence-electron chi connectivity index (χ2n) is 4.74. The molecule has 2 N–H and O–H groups in total. The topological polar surface area (TPSA) is 73.4 Å². The van der Waals surface area contributed by atoms with Crippen LogP contribution < -0.4 is 0 Å². The maximum Gasteiger partial charge on any atom is 0.391 e. The first-order valence-corrected chi connectivity index (χ1v) is 7.54. The number of aliphatic hydroxyl groups is 1. The molecular formula is C11H15F3N2O3S. The molecule has 5 nitrogen and oxygen atoms in total. The van der Waals surface area contributed by atoms with Crippen LogP contribution in [-0.4, -0.2) is 42.1 Å². The fraction of sp³-hybridized carbons (Fsp3) is 0.636. The number of rotatable bonds is 3. The molecule has 0 amide bonds. The summed E-state index contributed by atoms with van der Waals surface area (Å²) >= 11 is 0. The van der Waals surface area contributed by atoms with E-state index in [9.17, 15) is 21.6 Å². The highest BCUT2D eigenvalue weighted by molar-refractivity contribution is 7.89. The van der Waals surface area contributed by atoms with Crippen molar-refractivity contribution in [1.82, 2.24) is 9.29 Å². The van der Waals surface area contributed by atoms with Crippen LogP contribution in [0.2, 0.25) is 0 Å². The first-order valence-electron chi connectivity index (χ1n) is 6.10. The second kappa shape index (κ2) is 5.38. The minimum atomic E-state index is -4.27. The third-order valence-corrected chi connectivity index (χ3v) is 5.32. The lowest BCUT2D eigenvalue weighted by Crippen LogP contribution is -2.41. The lowest BCUT2D eigenvalue weighted by Gasteiger charge is -2.31. The van der Waals surface area contributed by atoms with Crippen LogP contribution in [0.4, 0.5) is 13.2 Å². The fourth-order valence-electron chi connectivity index (χ4n) is 2.23. The van der Waals surface area contributed by atoms with Crippen molar-refractivity contribution in [1.29, 1.82) is 0 Å². The first-order chi connectivity index (χ1) is 9.25. The second-order valence-corrected chi connectivity index (χ2v) is 6.68. The molecule has 0 atom stereocenters. The number of hydrogen-bond acceptors (Lipinski definition) is 3. The smallest absolute Gasteiger partial charge is 0.390 e. The van der Waals surface area contributed by atoms with Crippen LogP contribution in [0.25, 0.3) is 0 Å². The van der Waals surface area contributed by atoms with Crippen LogP contribution in [0.15, 0.2) is 17.2 Å². The van der Waals surface area contributed by atoms with Crippen LogP contribution in [0.1, 0.15) is 18.5 Å². The average molecular weight is 312 g/mol. The normalized spacial score (nSPS) is 19.4. The highest BCUT2D eigenvalue weighted by atomic mass is 32.2. The predicted molar refractivity (Wildman–Crippen MR) is 64.3 cm³/mol. The predicted octanol–water partition coefficient (Wildman–Crippen LogP) is 1.47. The van der Waals surface area contributed by atoms with Gasteiger partial charge in [-0.05, 0) is 18.9 Å². The van der Waals surface area contributed by atoms with Crippen LogP contribution in [-0.2, 0) is 16.6 Å². The summed E-state index contributed by atoms with van der Waals surface area (Å²) in [6.07, 6.45) is -3.48. The van der Waals surface area contributed by atoms with Crippen LogP contribution in [0, 0.1) is 5.92 Å². The highest BCUT2D eigenvalue weighted by Crippen LogP contribution is 2.35. The maximum atomic E-state index is 12.5. The van der Waals surface area contributed by atoms with E-state index < -0.39 is 22.1 Å². The summed E-state index contributed by atoms with van der Waals surface area (Å²) in [4.78, 5) is 2.56. The number of nitrogens with one attached hydrogen (secondary N) is 1. The van der Waals surface area contributed by atoms with E-state index in [-0.39, 0.29) is 37.4 Å². The third kappa shape index (κ3) is 2.99. The molecule has 20 heavy (non-hydrogen) atoms. The lowest BCUT2D eigenvalue weighted by molar-refractivity contribution is -0.182. The fourth-order valence-corrected chi connectivity index (χ4v) is 3.72. The van der Waals surface area contributed by atoms with Gasteiger partial charge in [-0.25, -0.2) is 8.42 Å². The van der Waals surface area contributed by atoms with E-state index in [1.807, 2.05) is 0 Å². The molecule has 1 aliphatic rings. The lowest BCUT2D eigenvalue weighted by atomic mass is 9.98. The molecule has 0 aromatic carbocycles. The van der Waals surface area contributed by atoms with Crippen molar-refractivity contribution >= 4 is 10.0 Å². The summed E-state index contributed by atoms with van der Waals surface area (Å²) < 4.78 is 63.1. The molecule has 114 valence electrons. The van der Waals surface area contributed by atoms with E-state index >= 15 is 0 Å². The Balaban J connectivity index is 2.09. The Morgan fingerprint density at radius 3 is 2.40 bits per heavy atom. The number of H-pyrrole nitrogens is 1. The van der Waals surface area contributed by atoms with Gasteiger partial charge in [0.15, 0.2) is 0 Å². The number of hydrogen-bond donors (Lipinski definition) is 2. The zero-order valence-corrected chi connectivity index (χ0v) is 11.3. The molecular weight excluding hydrogens is 297 g/mol. The zero-order valence-electron chi connectivity index (χ0n) is 10.5. The molecule has 1 aromatic heterocycles. The van der Waals surface area contributed by atoms with Crippen LogP contribution in [0.3, 0.4) is 0 Å². The summed E-state index contributed by atoms with van der Waals surface area (Å²) in [5.41, 5.74) is 0.341. The van der Waals surface area contributed by atoms with E-state index in [1.165, 1.54) is 12.3 Å². The zero-order chi connectivity index (χ0) is 15.0.